The minimum atomic E-state index is -0.429. The molecule has 0 spiro atoms. The standard InChI is InChI=1S/C18H19N3O2/c1-18(2)11-15(21-8-3-4-17(21)22)14-10-13(5-6-16(14)23-18)20-9-7-19-12-20/h5-7,9-12H,3-4,8H2,1-2H3. The van der Waals surface area contributed by atoms with Crippen molar-refractivity contribution in [1.82, 2.24) is 14.5 Å². The molecule has 3 heterocycles. The number of fused-ring (bicyclic) bond motifs is 1. The molecule has 2 aliphatic heterocycles. The number of nitrogens with zero attached hydrogens (tertiary/aromatic N) is 3. The highest BCUT2D eigenvalue weighted by Gasteiger charge is 2.33. The fourth-order valence-electron chi connectivity index (χ4n) is 3.23. The number of imidazole rings is 1. The normalized spacial score (nSPS) is 19.3. The van der Waals surface area contributed by atoms with E-state index in [2.05, 4.69) is 17.1 Å². The number of carbonyl (C=O) groups excluding carboxylic acids is 1. The summed E-state index contributed by atoms with van der Waals surface area (Å²) in [5, 5.41) is 0. The van der Waals surface area contributed by atoms with Crippen molar-refractivity contribution in [2.24, 2.45) is 0 Å². The first kappa shape index (κ1) is 14.1. The van der Waals surface area contributed by atoms with E-state index in [1.165, 1.54) is 0 Å². The van der Waals surface area contributed by atoms with Crippen molar-refractivity contribution in [3.63, 3.8) is 0 Å². The van der Waals surface area contributed by atoms with Crippen LogP contribution in [0.2, 0.25) is 0 Å². The van der Waals surface area contributed by atoms with Crippen LogP contribution >= 0.6 is 0 Å². The molecule has 1 amide bonds. The molecule has 2 aliphatic rings. The van der Waals surface area contributed by atoms with Gasteiger partial charge in [-0.2, -0.15) is 0 Å². The van der Waals surface area contributed by atoms with Gasteiger partial charge in [-0.1, -0.05) is 0 Å². The van der Waals surface area contributed by atoms with Gasteiger partial charge in [0.15, 0.2) is 0 Å². The van der Waals surface area contributed by atoms with Crippen LogP contribution in [0.3, 0.4) is 0 Å². The van der Waals surface area contributed by atoms with Gasteiger partial charge in [0.2, 0.25) is 5.91 Å². The number of aromatic nitrogens is 2. The monoisotopic (exact) mass is 309 g/mol. The Morgan fingerprint density at radius 2 is 2.17 bits per heavy atom. The summed E-state index contributed by atoms with van der Waals surface area (Å²) >= 11 is 0. The Kier molecular flexibility index (Phi) is 3.04. The van der Waals surface area contributed by atoms with E-state index in [4.69, 9.17) is 4.74 Å². The maximum absolute atomic E-state index is 12.2. The van der Waals surface area contributed by atoms with Gasteiger partial charge in [0.25, 0.3) is 0 Å². The molecule has 2 aromatic rings. The Bertz CT molecular complexity index is 791. The van der Waals surface area contributed by atoms with Gasteiger partial charge in [-0.15, -0.1) is 0 Å². The number of benzene rings is 1. The summed E-state index contributed by atoms with van der Waals surface area (Å²) in [5.74, 6) is 1.00. The highest BCUT2D eigenvalue weighted by atomic mass is 16.5. The zero-order valence-corrected chi connectivity index (χ0v) is 13.3. The minimum Gasteiger partial charge on any atom is -0.483 e. The lowest BCUT2D eigenvalue weighted by molar-refractivity contribution is -0.124. The number of hydrogen-bond acceptors (Lipinski definition) is 3. The van der Waals surface area contributed by atoms with Gasteiger partial charge in [0.05, 0.1) is 12.0 Å². The van der Waals surface area contributed by atoms with Crippen LogP contribution in [-0.2, 0) is 4.79 Å². The highest BCUT2D eigenvalue weighted by molar-refractivity contribution is 5.90. The first-order chi connectivity index (χ1) is 11.0. The summed E-state index contributed by atoms with van der Waals surface area (Å²) in [6.45, 7) is 4.80. The van der Waals surface area contributed by atoms with E-state index in [-0.39, 0.29) is 5.91 Å². The van der Waals surface area contributed by atoms with Crippen LogP contribution in [0.15, 0.2) is 43.0 Å². The maximum atomic E-state index is 12.2. The fraction of sp³-hybridized carbons (Fsp3) is 0.333. The predicted octanol–water partition coefficient (Wildman–Crippen LogP) is 3.01. The van der Waals surface area contributed by atoms with Gasteiger partial charge >= 0.3 is 0 Å². The second kappa shape index (κ2) is 4.98. The summed E-state index contributed by atoms with van der Waals surface area (Å²) in [7, 11) is 0. The summed E-state index contributed by atoms with van der Waals surface area (Å²) in [4.78, 5) is 18.2. The lowest BCUT2D eigenvalue weighted by atomic mass is 9.98. The van der Waals surface area contributed by atoms with Crippen molar-refractivity contribution in [3.05, 3.63) is 48.6 Å². The zero-order valence-electron chi connectivity index (χ0n) is 13.3. The average Bonchev–Trinajstić information content (AvgIpc) is 3.16. The van der Waals surface area contributed by atoms with Gasteiger partial charge in [0, 0.05) is 36.6 Å². The molecule has 0 aliphatic carbocycles. The molecule has 0 N–H and O–H groups in total. The Morgan fingerprint density at radius 1 is 1.30 bits per heavy atom. The van der Waals surface area contributed by atoms with E-state index >= 15 is 0 Å². The third-order valence-corrected chi connectivity index (χ3v) is 4.26. The van der Waals surface area contributed by atoms with Crippen LogP contribution in [0.25, 0.3) is 11.4 Å². The van der Waals surface area contributed by atoms with Crippen LogP contribution < -0.4 is 4.74 Å². The Balaban J connectivity index is 1.84. The van der Waals surface area contributed by atoms with Gasteiger partial charge in [0.1, 0.15) is 11.4 Å². The summed E-state index contributed by atoms with van der Waals surface area (Å²) in [5.41, 5.74) is 2.50. The van der Waals surface area contributed by atoms with Crippen LogP contribution in [0, 0.1) is 0 Å². The molecule has 1 aromatic carbocycles. The van der Waals surface area contributed by atoms with E-state index < -0.39 is 5.60 Å². The van der Waals surface area contributed by atoms with Gasteiger partial charge in [-0.3, -0.25) is 4.79 Å². The predicted molar refractivity (Wildman–Crippen MR) is 87.2 cm³/mol. The molecule has 1 aromatic heterocycles. The highest BCUT2D eigenvalue weighted by Crippen LogP contribution is 2.40. The lowest BCUT2D eigenvalue weighted by Crippen LogP contribution is -2.34. The second-order valence-electron chi connectivity index (χ2n) is 6.53. The third-order valence-electron chi connectivity index (χ3n) is 4.26. The Hall–Kier alpha value is -2.56. The van der Waals surface area contributed by atoms with Gasteiger partial charge in [-0.25, -0.2) is 4.98 Å². The van der Waals surface area contributed by atoms with E-state index in [0.717, 1.165) is 35.7 Å². The number of carbonyl (C=O) groups is 1. The summed E-state index contributed by atoms with van der Waals surface area (Å²) in [6.07, 6.45) is 9.00. The number of rotatable bonds is 2. The van der Waals surface area contributed by atoms with E-state index in [9.17, 15) is 4.79 Å². The molecule has 0 bridgehead atoms. The first-order valence-corrected chi connectivity index (χ1v) is 7.88. The third kappa shape index (κ3) is 2.42. The molecule has 0 radical (unpaired) electrons. The van der Waals surface area contributed by atoms with Gasteiger partial charge < -0.3 is 14.2 Å². The van der Waals surface area contributed by atoms with Crippen molar-refractivity contribution in [3.8, 4) is 11.4 Å². The van der Waals surface area contributed by atoms with E-state index in [1.54, 1.807) is 12.5 Å². The van der Waals surface area contributed by atoms with E-state index in [1.807, 2.05) is 41.6 Å². The van der Waals surface area contributed by atoms with Gasteiger partial charge in [-0.05, 0) is 44.5 Å². The number of hydrogen-bond donors (Lipinski definition) is 0. The fourth-order valence-corrected chi connectivity index (χ4v) is 3.23. The van der Waals surface area contributed by atoms with Crippen LogP contribution in [0.4, 0.5) is 0 Å². The molecule has 23 heavy (non-hydrogen) atoms. The zero-order chi connectivity index (χ0) is 16.0. The Morgan fingerprint density at radius 3 is 2.87 bits per heavy atom. The first-order valence-electron chi connectivity index (χ1n) is 7.88. The van der Waals surface area contributed by atoms with E-state index in [0.29, 0.717) is 6.42 Å². The SMILES string of the molecule is CC1(C)C=C(N2CCCC2=O)c2cc(-n3ccnc3)ccc2O1. The smallest absolute Gasteiger partial charge is 0.227 e. The van der Waals surface area contributed by atoms with Crippen molar-refractivity contribution >= 4 is 11.6 Å². The molecule has 0 atom stereocenters. The van der Waals surface area contributed by atoms with Crippen LogP contribution in [-0.4, -0.2) is 32.5 Å². The maximum Gasteiger partial charge on any atom is 0.227 e. The molecule has 1 saturated heterocycles. The molecule has 4 rings (SSSR count). The van der Waals surface area contributed by atoms with Crippen molar-refractivity contribution in [2.75, 3.05) is 6.54 Å². The van der Waals surface area contributed by atoms with Crippen molar-refractivity contribution in [1.29, 1.82) is 0 Å². The lowest BCUT2D eigenvalue weighted by Gasteiger charge is -2.34. The molecule has 1 fully saturated rings. The quantitative estimate of drug-likeness (QED) is 0.857. The number of amides is 1. The molecular formula is C18H19N3O2. The largest absolute Gasteiger partial charge is 0.483 e. The summed E-state index contributed by atoms with van der Waals surface area (Å²) < 4.78 is 8.03. The topological polar surface area (TPSA) is 47.4 Å². The molecular weight excluding hydrogens is 290 g/mol. The molecule has 0 saturated carbocycles. The Labute approximate surface area is 135 Å². The van der Waals surface area contributed by atoms with Crippen LogP contribution in [0.1, 0.15) is 32.3 Å². The number of likely N-dealkylation sites (tertiary alicyclic amines) is 1. The van der Waals surface area contributed by atoms with Crippen molar-refractivity contribution in [2.45, 2.75) is 32.3 Å². The summed E-state index contributed by atoms with van der Waals surface area (Å²) in [6, 6.07) is 6.04. The number of ether oxygens (including phenoxy) is 1. The molecule has 5 heteroatoms. The second-order valence-corrected chi connectivity index (χ2v) is 6.53. The molecule has 5 nitrogen and oxygen atoms in total. The van der Waals surface area contributed by atoms with Crippen molar-refractivity contribution < 1.29 is 9.53 Å². The minimum absolute atomic E-state index is 0.188. The average molecular weight is 309 g/mol. The van der Waals surface area contributed by atoms with Crippen LogP contribution in [0.5, 0.6) is 5.75 Å². The molecule has 118 valence electrons. The molecule has 0 unspecified atom stereocenters.